The number of amides is 1. The number of nitrogen functional groups attached to an aromatic ring is 1. The van der Waals surface area contributed by atoms with Gasteiger partial charge in [-0.1, -0.05) is 6.07 Å². The topological polar surface area (TPSA) is 99.2 Å². The summed E-state index contributed by atoms with van der Waals surface area (Å²) in [6, 6.07) is 4.92. The van der Waals surface area contributed by atoms with Gasteiger partial charge in [0.1, 0.15) is 17.3 Å². The fraction of sp³-hybridized carbons (Fsp3) is 0.304. The molecule has 8 nitrogen and oxygen atoms in total. The van der Waals surface area contributed by atoms with Crippen molar-refractivity contribution in [3.8, 4) is 0 Å². The third-order valence-electron chi connectivity index (χ3n) is 6.58. The Bertz CT molecular complexity index is 1470. The van der Waals surface area contributed by atoms with E-state index in [0.29, 0.717) is 34.3 Å². The zero-order chi connectivity index (χ0) is 23.0. The van der Waals surface area contributed by atoms with Crippen LogP contribution in [0.25, 0.3) is 21.8 Å². The van der Waals surface area contributed by atoms with Crippen LogP contribution < -0.4 is 5.73 Å². The molecular formula is C23H20BrFN6O2. The van der Waals surface area contributed by atoms with Crippen LogP contribution in [0.3, 0.4) is 0 Å². The third-order valence-corrected chi connectivity index (χ3v) is 7.19. The molecule has 1 aromatic carbocycles. The maximum absolute atomic E-state index is 14.8. The minimum Gasteiger partial charge on any atom is -0.383 e. The Kier molecular flexibility index (Phi) is 4.47. The molecule has 33 heavy (non-hydrogen) atoms. The molecule has 1 amide bonds. The van der Waals surface area contributed by atoms with Crippen LogP contribution in [0.1, 0.15) is 34.6 Å². The first-order chi connectivity index (χ1) is 15.8. The van der Waals surface area contributed by atoms with E-state index in [4.69, 9.17) is 10.5 Å². The van der Waals surface area contributed by atoms with E-state index in [1.807, 2.05) is 20.0 Å². The van der Waals surface area contributed by atoms with Gasteiger partial charge in [0.05, 0.1) is 51.5 Å². The minimum atomic E-state index is -0.370. The van der Waals surface area contributed by atoms with E-state index in [-0.39, 0.29) is 35.7 Å². The molecular weight excluding hydrogens is 491 g/mol. The van der Waals surface area contributed by atoms with E-state index in [0.717, 1.165) is 21.9 Å². The summed E-state index contributed by atoms with van der Waals surface area (Å²) in [7, 11) is 1.82. The van der Waals surface area contributed by atoms with Crippen LogP contribution >= 0.6 is 15.9 Å². The molecule has 4 aromatic rings. The molecule has 0 unspecified atom stereocenters. The molecule has 1 fully saturated rings. The van der Waals surface area contributed by atoms with Gasteiger partial charge < -0.3 is 15.4 Å². The van der Waals surface area contributed by atoms with Crippen LogP contribution in [0.5, 0.6) is 0 Å². The summed E-state index contributed by atoms with van der Waals surface area (Å²) < 4.78 is 23.1. The van der Waals surface area contributed by atoms with Crippen molar-refractivity contribution in [2.24, 2.45) is 7.05 Å². The molecule has 2 N–H and O–H groups in total. The van der Waals surface area contributed by atoms with Crippen molar-refractivity contribution < 1.29 is 13.9 Å². The van der Waals surface area contributed by atoms with Gasteiger partial charge >= 0.3 is 0 Å². The molecule has 1 aliphatic heterocycles. The number of nitrogens with two attached hydrogens (primary N) is 1. The first-order valence-corrected chi connectivity index (χ1v) is 11.4. The van der Waals surface area contributed by atoms with Crippen molar-refractivity contribution >= 4 is 49.5 Å². The van der Waals surface area contributed by atoms with Crippen LogP contribution in [0.2, 0.25) is 0 Å². The van der Waals surface area contributed by atoms with Gasteiger partial charge in [0.15, 0.2) is 0 Å². The molecule has 2 aliphatic rings. The van der Waals surface area contributed by atoms with E-state index in [1.165, 1.54) is 0 Å². The number of aromatic nitrogens is 4. The van der Waals surface area contributed by atoms with E-state index in [2.05, 4.69) is 31.0 Å². The number of carbonyl (C=O) groups excluding carboxylic acids is 1. The lowest BCUT2D eigenvalue weighted by molar-refractivity contribution is -0.0938. The number of benzene rings is 1. The number of rotatable bonds is 1. The number of halogens is 2. The standard InChI is InChI=1S/C23H20BrFN6O2/c1-10-9-31(21-11-3-4-15(24)19(25)12(11)6-18(21)33-10)23(32)16-5-13-17(8-27-16)29-22(26)14-7-28-30(2)20(13)14/h3-5,7-8,10,18,21H,6,9H2,1-2H3,(H2,26,29)/t10-,18-,21+/m1/s1. The van der Waals surface area contributed by atoms with E-state index >= 15 is 0 Å². The molecule has 0 spiro atoms. The normalized spacial score (nSPS) is 22.1. The van der Waals surface area contributed by atoms with Crippen molar-refractivity contribution in [1.82, 2.24) is 24.6 Å². The fourth-order valence-electron chi connectivity index (χ4n) is 5.16. The number of hydrogen-bond donors (Lipinski definition) is 1. The zero-order valence-electron chi connectivity index (χ0n) is 17.9. The Hall–Kier alpha value is -3.11. The second-order valence-corrected chi connectivity index (χ2v) is 9.49. The summed E-state index contributed by atoms with van der Waals surface area (Å²) in [5.74, 6) is -0.158. The second kappa shape index (κ2) is 7.19. The lowest BCUT2D eigenvalue weighted by Gasteiger charge is -2.41. The summed E-state index contributed by atoms with van der Waals surface area (Å²) >= 11 is 3.26. The maximum Gasteiger partial charge on any atom is 0.273 e. The van der Waals surface area contributed by atoms with Crippen molar-refractivity contribution in [2.75, 3.05) is 12.3 Å². The van der Waals surface area contributed by atoms with E-state index in [9.17, 15) is 9.18 Å². The number of morpholine rings is 1. The van der Waals surface area contributed by atoms with Gasteiger partial charge in [0.2, 0.25) is 0 Å². The quantitative estimate of drug-likeness (QED) is 0.420. The summed E-state index contributed by atoms with van der Waals surface area (Å²) in [5.41, 5.74) is 9.12. The molecule has 4 heterocycles. The Balaban J connectivity index is 1.46. The Morgan fingerprint density at radius 3 is 2.94 bits per heavy atom. The van der Waals surface area contributed by atoms with E-state index < -0.39 is 0 Å². The van der Waals surface area contributed by atoms with Gasteiger partial charge in [-0.25, -0.2) is 14.4 Å². The number of anilines is 1. The number of carbonyl (C=O) groups is 1. The van der Waals surface area contributed by atoms with Gasteiger partial charge in [-0.05, 0) is 46.1 Å². The fourth-order valence-corrected chi connectivity index (χ4v) is 5.53. The van der Waals surface area contributed by atoms with Crippen LogP contribution in [-0.2, 0) is 18.2 Å². The minimum absolute atomic E-state index is 0.179. The monoisotopic (exact) mass is 510 g/mol. The second-order valence-electron chi connectivity index (χ2n) is 8.63. The predicted octanol–water partition coefficient (Wildman–Crippen LogP) is 3.53. The molecule has 0 bridgehead atoms. The molecule has 0 saturated carbocycles. The average molecular weight is 511 g/mol. The van der Waals surface area contributed by atoms with Crippen molar-refractivity contribution in [3.05, 3.63) is 57.7 Å². The molecule has 3 aromatic heterocycles. The first kappa shape index (κ1) is 20.5. The zero-order valence-corrected chi connectivity index (χ0v) is 19.5. The Morgan fingerprint density at radius 1 is 1.30 bits per heavy atom. The lowest BCUT2D eigenvalue weighted by atomic mass is 10.0. The largest absolute Gasteiger partial charge is 0.383 e. The first-order valence-electron chi connectivity index (χ1n) is 10.6. The van der Waals surface area contributed by atoms with Gasteiger partial charge in [-0.15, -0.1) is 0 Å². The summed E-state index contributed by atoms with van der Waals surface area (Å²) in [4.78, 5) is 24.3. The highest BCUT2D eigenvalue weighted by molar-refractivity contribution is 9.10. The summed E-state index contributed by atoms with van der Waals surface area (Å²) in [6.07, 6.45) is 3.16. The number of hydrogen-bond acceptors (Lipinski definition) is 6. The van der Waals surface area contributed by atoms with Crippen LogP contribution in [-0.4, -0.2) is 49.3 Å². The maximum atomic E-state index is 14.8. The highest BCUT2D eigenvalue weighted by atomic mass is 79.9. The van der Waals surface area contributed by atoms with Gasteiger partial charge in [-0.3, -0.25) is 9.48 Å². The van der Waals surface area contributed by atoms with Crippen molar-refractivity contribution in [2.45, 2.75) is 31.6 Å². The van der Waals surface area contributed by atoms with Crippen LogP contribution in [0.15, 0.2) is 35.1 Å². The molecule has 168 valence electrons. The molecule has 1 aliphatic carbocycles. The van der Waals surface area contributed by atoms with Gasteiger partial charge in [0.25, 0.3) is 5.91 Å². The smallest absolute Gasteiger partial charge is 0.273 e. The van der Waals surface area contributed by atoms with Gasteiger partial charge in [-0.2, -0.15) is 5.10 Å². The average Bonchev–Trinajstić information content (AvgIpc) is 3.37. The molecule has 10 heteroatoms. The number of pyridine rings is 2. The highest BCUT2D eigenvalue weighted by Gasteiger charge is 2.45. The number of nitrogens with zero attached hydrogens (tertiary/aromatic N) is 5. The number of aryl methyl sites for hydroxylation is 1. The van der Waals surface area contributed by atoms with Gasteiger partial charge in [0, 0.05) is 25.4 Å². The van der Waals surface area contributed by atoms with E-state index in [1.54, 1.807) is 34.1 Å². The predicted molar refractivity (Wildman–Crippen MR) is 124 cm³/mol. The molecule has 3 atom stereocenters. The number of ether oxygens (including phenoxy) is 1. The Labute approximate surface area is 196 Å². The number of fused-ring (bicyclic) bond motifs is 6. The summed E-state index contributed by atoms with van der Waals surface area (Å²) in [6.45, 7) is 2.31. The van der Waals surface area contributed by atoms with Crippen molar-refractivity contribution in [3.63, 3.8) is 0 Å². The Morgan fingerprint density at radius 2 is 2.12 bits per heavy atom. The van der Waals surface area contributed by atoms with Crippen LogP contribution in [0.4, 0.5) is 10.2 Å². The van der Waals surface area contributed by atoms with Crippen LogP contribution in [0, 0.1) is 5.82 Å². The highest BCUT2D eigenvalue weighted by Crippen LogP contribution is 2.44. The SMILES string of the molecule is C[C@@H]1CN(C(=O)c2cc3c(cn2)nc(N)c2cnn(C)c23)[C@H]2c3ccc(Br)c(F)c3C[C@H]2O1. The molecule has 0 radical (unpaired) electrons. The third kappa shape index (κ3) is 2.97. The van der Waals surface area contributed by atoms with Crippen molar-refractivity contribution in [1.29, 1.82) is 0 Å². The molecule has 1 saturated heterocycles. The summed E-state index contributed by atoms with van der Waals surface area (Å²) in [5, 5.41) is 5.76. The molecule has 6 rings (SSSR count). The lowest BCUT2D eigenvalue weighted by Crippen LogP contribution is -2.50.